The zero-order valence-corrected chi connectivity index (χ0v) is 11.0. The molecule has 2 heteroatoms. The molecule has 0 aromatic heterocycles. The van der Waals surface area contributed by atoms with Crippen LogP contribution in [0.2, 0.25) is 0 Å². The van der Waals surface area contributed by atoms with Crippen LogP contribution in [-0.4, -0.2) is 12.9 Å². The zero-order valence-electron chi connectivity index (χ0n) is 11.0. The number of hydrogen-bond acceptors (Lipinski definition) is 2. The first kappa shape index (κ1) is 12.0. The highest BCUT2D eigenvalue weighted by Gasteiger charge is 2.20. The molecule has 0 saturated heterocycles. The quantitative estimate of drug-likeness (QED) is 0.810. The first-order valence-corrected chi connectivity index (χ1v) is 6.59. The minimum Gasteiger partial charge on any atom is -0.497 e. The van der Waals surface area contributed by atoms with Gasteiger partial charge in [0, 0.05) is 12.0 Å². The number of rotatable bonds is 2. The van der Waals surface area contributed by atoms with Gasteiger partial charge in [-0.05, 0) is 41.7 Å². The average Bonchev–Trinajstić information content (AvgIpc) is 2.47. The molecule has 2 aromatic carbocycles. The Balaban J connectivity index is 2.11. The monoisotopic (exact) mass is 252 g/mol. The molecule has 19 heavy (non-hydrogen) atoms. The Kier molecular flexibility index (Phi) is 3.08. The number of carbonyl (C=O) groups is 1. The smallest absolute Gasteiger partial charge is 0.163 e. The van der Waals surface area contributed by atoms with Crippen molar-refractivity contribution in [3.63, 3.8) is 0 Å². The zero-order chi connectivity index (χ0) is 13.2. The van der Waals surface area contributed by atoms with E-state index in [1.54, 1.807) is 7.11 Å². The lowest BCUT2D eigenvalue weighted by Gasteiger charge is -2.18. The summed E-state index contributed by atoms with van der Waals surface area (Å²) in [6.45, 7) is 0. The van der Waals surface area contributed by atoms with Crippen LogP contribution in [0.15, 0.2) is 42.5 Å². The molecular formula is C17H16O2. The van der Waals surface area contributed by atoms with Crippen LogP contribution in [0.4, 0.5) is 0 Å². The van der Waals surface area contributed by atoms with Crippen molar-refractivity contribution in [1.29, 1.82) is 0 Å². The molecule has 2 aromatic rings. The van der Waals surface area contributed by atoms with Crippen LogP contribution in [0.25, 0.3) is 11.1 Å². The molecule has 0 amide bonds. The normalized spacial score (nSPS) is 14.1. The summed E-state index contributed by atoms with van der Waals surface area (Å²) in [6, 6.07) is 14.0. The predicted molar refractivity (Wildman–Crippen MR) is 75.7 cm³/mol. The maximum atomic E-state index is 12.2. The lowest BCUT2D eigenvalue weighted by molar-refractivity contribution is 0.0973. The number of benzene rings is 2. The van der Waals surface area contributed by atoms with E-state index in [0.717, 1.165) is 35.3 Å². The molecule has 0 spiro atoms. The molecule has 0 heterocycles. The van der Waals surface area contributed by atoms with Gasteiger partial charge in [0.05, 0.1) is 7.11 Å². The number of ether oxygens (including phenoxy) is 1. The van der Waals surface area contributed by atoms with Gasteiger partial charge < -0.3 is 4.74 Å². The summed E-state index contributed by atoms with van der Waals surface area (Å²) in [5.74, 6) is 1.10. The number of fused-ring (bicyclic) bond motifs is 1. The van der Waals surface area contributed by atoms with Gasteiger partial charge in [0.25, 0.3) is 0 Å². The molecule has 2 nitrogen and oxygen atoms in total. The Hall–Kier alpha value is -2.09. The average molecular weight is 252 g/mol. The number of hydrogen-bond donors (Lipinski definition) is 0. The third kappa shape index (κ3) is 2.14. The van der Waals surface area contributed by atoms with E-state index in [1.165, 1.54) is 5.56 Å². The molecule has 1 aliphatic carbocycles. The van der Waals surface area contributed by atoms with E-state index in [-0.39, 0.29) is 5.78 Å². The Labute approximate surface area is 113 Å². The van der Waals surface area contributed by atoms with Gasteiger partial charge in [0.15, 0.2) is 5.78 Å². The Morgan fingerprint density at radius 1 is 1.00 bits per heavy atom. The van der Waals surface area contributed by atoms with Crippen molar-refractivity contribution in [3.05, 3.63) is 53.6 Å². The number of carbonyl (C=O) groups excluding carboxylic acids is 1. The summed E-state index contributed by atoms with van der Waals surface area (Å²) < 4.78 is 5.17. The molecule has 0 saturated carbocycles. The number of ketones is 1. The largest absolute Gasteiger partial charge is 0.497 e. The number of Topliss-reactive ketones (excluding diaryl/α,β-unsaturated/α-hetero) is 1. The SMILES string of the molecule is COc1ccc(-c2cccc3c2C(=O)CCC3)cc1. The van der Waals surface area contributed by atoms with Crippen molar-refractivity contribution in [1.82, 2.24) is 0 Å². The highest BCUT2D eigenvalue weighted by atomic mass is 16.5. The van der Waals surface area contributed by atoms with Crippen LogP contribution in [-0.2, 0) is 6.42 Å². The van der Waals surface area contributed by atoms with Crippen LogP contribution in [0.5, 0.6) is 5.75 Å². The van der Waals surface area contributed by atoms with Crippen molar-refractivity contribution in [3.8, 4) is 16.9 Å². The van der Waals surface area contributed by atoms with Gasteiger partial charge >= 0.3 is 0 Å². The topological polar surface area (TPSA) is 26.3 Å². The van der Waals surface area contributed by atoms with E-state index >= 15 is 0 Å². The molecule has 0 fully saturated rings. The van der Waals surface area contributed by atoms with Gasteiger partial charge in [-0.1, -0.05) is 30.3 Å². The molecule has 0 unspecified atom stereocenters. The van der Waals surface area contributed by atoms with Gasteiger partial charge in [0.1, 0.15) is 5.75 Å². The molecule has 96 valence electrons. The van der Waals surface area contributed by atoms with Crippen LogP contribution in [0.1, 0.15) is 28.8 Å². The van der Waals surface area contributed by atoms with E-state index in [1.807, 2.05) is 36.4 Å². The van der Waals surface area contributed by atoms with Crippen LogP contribution in [0.3, 0.4) is 0 Å². The summed E-state index contributed by atoms with van der Waals surface area (Å²) >= 11 is 0. The maximum absolute atomic E-state index is 12.2. The summed E-state index contributed by atoms with van der Waals surface area (Å²) in [6.07, 6.45) is 2.64. The summed E-state index contributed by atoms with van der Waals surface area (Å²) in [5, 5.41) is 0. The minimum atomic E-state index is 0.271. The van der Waals surface area contributed by atoms with Crippen molar-refractivity contribution >= 4 is 5.78 Å². The van der Waals surface area contributed by atoms with Gasteiger partial charge in [-0.25, -0.2) is 0 Å². The molecule has 0 N–H and O–H groups in total. The molecule has 3 rings (SSSR count). The third-order valence-electron chi connectivity index (χ3n) is 3.68. The van der Waals surface area contributed by atoms with E-state index in [9.17, 15) is 4.79 Å². The van der Waals surface area contributed by atoms with E-state index < -0.39 is 0 Å². The molecule has 0 aliphatic heterocycles. The first-order chi connectivity index (χ1) is 9.29. The van der Waals surface area contributed by atoms with Gasteiger partial charge in [-0.2, -0.15) is 0 Å². The van der Waals surface area contributed by atoms with Crippen LogP contribution in [0, 0.1) is 0 Å². The van der Waals surface area contributed by atoms with Crippen molar-refractivity contribution < 1.29 is 9.53 Å². The molecule has 0 bridgehead atoms. The molecule has 0 atom stereocenters. The number of aryl methyl sites for hydroxylation is 1. The fourth-order valence-electron chi connectivity index (χ4n) is 2.71. The van der Waals surface area contributed by atoms with E-state index in [2.05, 4.69) is 6.07 Å². The number of methoxy groups -OCH3 is 1. The maximum Gasteiger partial charge on any atom is 0.163 e. The van der Waals surface area contributed by atoms with Gasteiger partial charge in [-0.3, -0.25) is 4.79 Å². The highest BCUT2D eigenvalue weighted by Crippen LogP contribution is 2.32. The second-order valence-corrected chi connectivity index (χ2v) is 4.84. The fourth-order valence-corrected chi connectivity index (χ4v) is 2.71. The van der Waals surface area contributed by atoms with Crippen molar-refractivity contribution in [2.45, 2.75) is 19.3 Å². The second-order valence-electron chi connectivity index (χ2n) is 4.84. The summed E-state index contributed by atoms with van der Waals surface area (Å²) in [5.41, 5.74) is 4.22. The fraction of sp³-hybridized carbons (Fsp3) is 0.235. The van der Waals surface area contributed by atoms with E-state index in [0.29, 0.717) is 6.42 Å². The van der Waals surface area contributed by atoms with E-state index in [4.69, 9.17) is 4.74 Å². The Morgan fingerprint density at radius 3 is 2.53 bits per heavy atom. The summed E-state index contributed by atoms with van der Waals surface area (Å²) in [7, 11) is 1.66. The minimum absolute atomic E-state index is 0.271. The predicted octanol–water partition coefficient (Wildman–Crippen LogP) is 3.88. The van der Waals surface area contributed by atoms with Gasteiger partial charge in [-0.15, -0.1) is 0 Å². The lowest BCUT2D eigenvalue weighted by atomic mass is 9.85. The Morgan fingerprint density at radius 2 is 1.79 bits per heavy atom. The van der Waals surface area contributed by atoms with Crippen LogP contribution >= 0.6 is 0 Å². The molecular weight excluding hydrogens is 236 g/mol. The highest BCUT2D eigenvalue weighted by molar-refractivity contribution is 6.04. The van der Waals surface area contributed by atoms with Crippen molar-refractivity contribution in [2.75, 3.05) is 7.11 Å². The first-order valence-electron chi connectivity index (χ1n) is 6.59. The van der Waals surface area contributed by atoms with Crippen LogP contribution < -0.4 is 4.74 Å². The second kappa shape index (κ2) is 4.88. The summed E-state index contributed by atoms with van der Waals surface area (Å²) in [4.78, 5) is 12.2. The standard InChI is InChI=1S/C17H16O2/c1-19-14-10-8-12(9-11-14)15-6-2-4-13-5-3-7-16(18)17(13)15/h2,4,6,8-11H,3,5,7H2,1H3. The van der Waals surface area contributed by atoms with Gasteiger partial charge in [0.2, 0.25) is 0 Å². The molecule has 1 aliphatic rings. The lowest BCUT2D eigenvalue weighted by Crippen LogP contribution is -2.12. The Bertz CT molecular complexity index is 612. The third-order valence-corrected chi connectivity index (χ3v) is 3.68. The van der Waals surface area contributed by atoms with Crippen molar-refractivity contribution in [2.24, 2.45) is 0 Å². The molecule has 0 radical (unpaired) electrons.